The maximum Gasteiger partial charge on any atom is 0.257 e. The number of benzene rings is 2. The lowest BCUT2D eigenvalue weighted by Gasteiger charge is -2.29. The SMILES string of the molecule is CO[C@H]1C[C@@H](COC2CCC(C=O)CC2)N(C(=O)Cc2cc(C)c(NC(=O)c3cn(C)c4ccccc34)cc2C)C1. The lowest BCUT2D eigenvalue weighted by molar-refractivity contribution is -0.133. The van der Waals surface area contributed by atoms with Gasteiger partial charge < -0.3 is 29.1 Å². The minimum atomic E-state index is -0.154. The fraction of sp³-hybridized carbons (Fsp3) is 0.485. The highest BCUT2D eigenvalue weighted by molar-refractivity contribution is 6.13. The molecule has 2 aliphatic rings. The molecule has 0 unspecified atom stereocenters. The van der Waals surface area contributed by atoms with Crippen LogP contribution in [-0.4, -0.2) is 66.1 Å². The van der Waals surface area contributed by atoms with Crippen LogP contribution < -0.4 is 5.32 Å². The quantitative estimate of drug-likeness (QED) is 0.374. The Balaban J connectivity index is 1.24. The Hall–Kier alpha value is -3.49. The molecule has 0 radical (unpaired) electrons. The van der Waals surface area contributed by atoms with E-state index in [1.54, 1.807) is 7.11 Å². The zero-order valence-electron chi connectivity index (χ0n) is 24.5. The van der Waals surface area contributed by atoms with E-state index in [4.69, 9.17) is 9.47 Å². The van der Waals surface area contributed by atoms with E-state index in [1.165, 1.54) is 0 Å². The van der Waals surface area contributed by atoms with Crippen molar-refractivity contribution < 1.29 is 23.9 Å². The molecule has 2 fully saturated rings. The van der Waals surface area contributed by atoms with Crippen LogP contribution in [0.3, 0.4) is 0 Å². The molecule has 3 aromatic rings. The summed E-state index contributed by atoms with van der Waals surface area (Å²) in [6.45, 7) is 4.98. The molecule has 8 nitrogen and oxygen atoms in total. The van der Waals surface area contributed by atoms with E-state index in [0.29, 0.717) is 18.7 Å². The molecule has 8 heteroatoms. The third-order valence-corrected chi connectivity index (χ3v) is 8.88. The summed E-state index contributed by atoms with van der Waals surface area (Å²) >= 11 is 0. The smallest absolute Gasteiger partial charge is 0.257 e. The molecule has 2 atom stereocenters. The van der Waals surface area contributed by atoms with Gasteiger partial charge in [0.25, 0.3) is 5.91 Å². The summed E-state index contributed by atoms with van der Waals surface area (Å²) in [4.78, 5) is 39.8. The Labute approximate surface area is 242 Å². The van der Waals surface area contributed by atoms with Gasteiger partial charge in [-0.1, -0.05) is 24.3 Å². The highest BCUT2D eigenvalue weighted by atomic mass is 16.5. The van der Waals surface area contributed by atoms with Gasteiger partial charge in [-0.2, -0.15) is 0 Å². The zero-order chi connectivity index (χ0) is 29.1. The third-order valence-electron chi connectivity index (χ3n) is 8.88. The summed E-state index contributed by atoms with van der Waals surface area (Å²) in [5.74, 6) is 0.0537. The Morgan fingerprint density at radius 2 is 1.80 bits per heavy atom. The number of aryl methyl sites for hydroxylation is 3. The normalized spacial score (nSPS) is 22.7. The Kier molecular flexibility index (Phi) is 8.90. The van der Waals surface area contributed by atoms with Crippen LogP contribution in [0.25, 0.3) is 10.9 Å². The van der Waals surface area contributed by atoms with E-state index >= 15 is 0 Å². The molecule has 1 aliphatic heterocycles. The van der Waals surface area contributed by atoms with E-state index in [-0.39, 0.29) is 42.4 Å². The van der Waals surface area contributed by atoms with Crippen LogP contribution in [0.15, 0.2) is 42.6 Å². The van der Waals surface area contributed by atoms with Gasteiger partial charge in [0.2, 0.25) is 5.91 Å². The number of para-hydroxylation sites is 1. The number of rotatable bonds is 9. The van der Waals surface area contributed by atoms with E-state index < -0.39 is 0 Å². The lowest BCUT2D eigenvalue weighted by Crippen LogP contribution is -2.40. The average Bonchev–Trinajstić information content (AvgIpc) is 3.56. The highest BCUT2D eigenvalue weighted by Gasteiger charge is 2.36. The second-order valence-corrected chi connectivity index (χ2v) is 11.7. The van der Waals surface area contributed by atoms with Gasteiger partial charge in [0.15, 0.2) is 0 Å². The number of anilines is 1. The fourth-order valence-electron chi connectivity index (χ4n) is 6.32. The van der Waals surface area contributed by atoms with Gasteiger partial charge in [0.05, 0.1) is 36.8 Å². The number of nitrogens with one attached hydrogen (secondary N) is 1. The van der Waals surface area contributed by atoms with Crippen LogP contribution in [0.1, 0.15) is 59.2 Å². The van der Waals surface area contributed by atoms with Gasteiger partial charge in [-0.3, -0.25) is 9.59 Å². The third kappa shape index (κ3) is 6.39. The molecule has 2 heterocycles. The molecule has 2 aromatic carbocycles. The predicted octanol–water partition coefficient (Wildman–Crippen LogP) is 4.98. The van der Waals surface area contributed by atoms with Crippen molar-refractivity contribution in [3.63, 3.8) is 0 Å². The Bertz CT molecular complexity index is 1420. The Morgan fingerprint density at radius 3 is 2.54 bits per heavy atom. The number of methoxy groups -OCH3 is 1. The monoisotopic (exact) mass is 559 g/mol. The van der Waals surface area contributed by atoms with Crippen molar-refractivity contribution in [1.82, 2.24) is 9.47 Å². The maximum absolute atomic E-state index is 13.6. The number of likely N-dealkylation sites (tertiary alicyclic amines) is 1. The summed E-state index contributed by atoms with van der Waals surface area (Å²) in [6, 6.07) is 11.8. The molecule has 1 saturated heterocycles. The van der Waals surface area contributed by atoms with Gasteiger partial charge in [-0.25, -0.2) is 0 Å². The molecular formula is C33H41N3O5. The number of carbonyl (C=O) groups excluding carboxylic acids is 3. The minimum absolute atomic E-state index is 0.00663. The number of nitrogens with zero attached hydrogens (tertiary/aromatic N) is 2. The van der Waals surface area contributed by atoms with Gasteiger partial charge in [-0.15, -0.1) is 0 Å². The van der Waals surface area contributed by atoms with Crippen molar-refractivity contribution in [2.24, 2.45) is 13.0 Å². The molecule has 41 heavy (non-hydrogen) atoms. The minimum Gasteiger partial charge on any atom is -0.380 e. The number of hydrogen-bond donors (Lipinski definition) is 1. The molecule has 1 aromatic heterocycles. The van der Waals surface area contributed by atoms with E-state index in [2.05, 4.69) is 5.32 Å². The van der Waals surface area contributed by atoms with Gasteiger partial charge in [0.1, 0.15) is 6.29 Å². The summed E-state index contributed by atoms with van der Waals surface area (Å²) in [5.41, 5.74) is 5.20. The second kappa shape index (κ2) is 12.6. The molecular weight excluding hydrogens is 518 g/mol. The number of carbonyl (C=O) groups is 3. The summed E-state index contributed by atoms with van der Waals surface area (Å²) in [7, 11) is 3.63. The van der Waals surface area contributed by atoms with Crippen LogP contribution in [0, 0.1) is 19.8 Å². The first-order valence-electron chi connectivity index (χ1n) is 14.6. The van der Waals surface area contributed by atoms with Crippen LogP contribution in [-0.2, 0) is 32.5 Å². The highest BCUT2D eigenvalue weighted by Crippen LogP contribution is 2.29. The molecule has 218 valence electrons. The standard InChI is InChI=1S/C33H41N3O5/c1-21-14-30(34-33(39)29-18-35(3)31-8-6-5-7-28(29)31)22(2)13-24(21)15-32(38)36-17-27(40-4)16-25(36)20-41-26-11-9-23(19-37)10-12-26/h5-8,13-14,18-19,23,25-27H,9-12,15-17,20H2,1-4H3,(H,34,39)/t23?,25-,26?,27-/m0/s1. The van der Waals surface area contributed by atoms with Crippen molar-refractivity contribution in [2.75, 3.05) is 25.6 Å². The van der Waals surface area contributed by atoms with Crippen molar-refractivity contribution >= 4 is 34.7 Å². The molecule has 2 amide bonds. The van der Waals surface area contributed by atoms with E-state index in [1.807, 2.05) is 73.0 Å². The number of hydrogen-bond acceptors (Lipinski definition) is 5. The number of aromatic nitrogens is 1. The van der Waals surface area contributed by atoms with Crippen LogP contribution in [0.2, 0.25) is 0 Å². The van der Waals surface area contributed by atoms with Crippen LogP contribution >= 0.6 is 0 Å². The predicted molar refractivity (Wildman–Crippen MR) is 159 cm³/mol. The Morgan fingerprint density at radius 1 is 1.05 bits per heavy atom. The van der Waals surface area contributed by atoms with E-state index in [9.17, 15) is 14.4 Å². The molecule has 5 rings (SSSR count). The first-order valence-corrected chi connectivity index (χ1v) is 14.6. The first-order chi connectivity index (χ1) is 19.8. The number of ether oxygens (including phenoxy) is 2. The summed E-state index contributed by atoms with van der Waals surface area (Å²) in [5, 5.41) is 4.00. The topological polar surface area (TPSA) is 89.9 Å². The molecule has 1 saturated carbocycles. The van der Waals surface area contributed by atoms with Crippen molar-refractivity contribution in [3.05, 3.63) is 64.8 Å². The van der Waals surface area contributed by atoms with Crippen LogP contribution in [0.5, 0.6) is 0 Å². The van der Waals surface area contributed by atoms with Gasteiger partial charge >= 0.3 is 0 Å². The zero-order valence-corrected chi connectivity index (χ0v) is 24.5. The number of aldehydes is 1. The average molecular weight is 560 g/mol. The molecule has 0 spiro atoms. The van der Waals surface area contributed by atoms with Crippen molar-refractivity contribution in [1.29, 1.82) is 0 Å². The first kappa shape index (κ1) is 29.0. The van der Waals surface area contributed by atoms with Crippen molar-refractivity contribution in [3.8, 4) is 0 Å². The van der Waals surface area contributed by atoms with Gasteiger partial charge in [-0.05, 0) is 74.8 Å². The number of fused-ring (bicyclic) bond motifs is 1. The van der Waals surface area contributed by atoms with Gasteiger partial charge in [0, 0.05) is 49.4 Å². The summed E-state index contributed by atoms with van der Waals surface area (Å²) < 4.78 is 13.8. The van der Waals surface area contributed by atoms with Crippen molar-refractivity contribution in [2.45, 2.75) is 70.6 Å². The lowest BCUT2D eigenvalue weighted by atomic mass is 9.88. The fourth-order valence-corrected chi connectivity index (χ4v) is 6.32. The summed E-state index contributed by atoms with van der Waals surface area (Å²) in [6.07, 6.45) is 7.61. The molecule has 1 aliphatic carbocycles. The largest absolute Gasteiger partial charge is 0.380 e. The number of amides is 2. The van der Waals surface area contributed by atoms with Crippen LogP contribution in [0.4, 0.5) is 5.69 Å². The molecule has 1 N–H and O–H groups in total. The molecule has 0 bridgehead atoms. The second-order valence-electron chi connectivity index (χ2n) is 11.7. The van der Waals surface area contributed by atoms with E-state index in [0.717, 1.165) is 71.7 Å². The maximum atomic E-state index is 13.6.